The molecule has 0 bridgehead atoms. The molecular weight excluding hydrogens is 221 g/mol. The normalized spacial score (nSPS) is 13.6. The summed E-state index contributed by atoms with van der Waals surface area (Å²) in [5.74, 6) is 0.498. The van der Waals surface area contributed by atoms with Crippen molar-refractivity contribution in [2.24, 2.45) is 0 Å². The molecule has 90 valence electrons. The molecule has 0 saturated heterocycles. The lowest BCUT2D eigenvalue weighted by Crippen LogP contribution is -2.21. The van der Waals surface area contributed by atoms with Gasteiger partial charge >= 0.3 is 6.18 Å². The molecular formula is C11H13F3O2. The summed E-state index contributed by atoms with van der Waals surface area (Å²) < 4.78 is 42.0. The zero-order valence-electron chi connectivity index (χ0n) is 9.01. The van der Waals surface area contributed by atoms with Crippen molar-refractivity contribution < 1.29 is 23.0 Å². The molecule has 5 heteroatoms. The van der Waals surface area contributed by atoms with Gasteiger partial charge in [-0.2, -0.15) is 13.2 Å². The molecule has 1 rings (SSSR count). The van der Waals surface area contributed by atoms with E-state index >= 15 is 0 Å². The fraction of sp³-hybridized carbons (Fsp3) is 0.455. The molecule has 0 aliphatic carbocycles. The zero-order chi connectivity index (χ0) is 12.3. The Bertz CT molecular complexity index is 361. The van der Waals surface area contributed by atoms with Crippen LogP contribution in [0.15, 0.2) is 18.2 Å². The first-order valence-corrected chi connectivity index (χ1v) is 4.84. The molecule has 0 radical (unpaired) electrons. The molecule has 0 fully saturated rings. The Balaban J connectivity index is 2.99. The van der Waals surface area contributed by atoms with Crippen LogP contribution >= 0.6 is 0 Å². The summed E-state index contributed by atoms with van der Waals surface area (Å²) in [7, 11) is 0. The lowest BCUT2D eigenvalue weighted by atomic mass is 10.0. The van der Waals surface area contributed by atoms with Crippen LogP contribution in [0.2, 0.25) is 0 Å². The van der Waals surface area contributed by atoms with Gasteiger partial charge in [0.1, 0.15) is 5.75 Å². The predicted molar refractivity (Wildman–Crippen MR) is 53.4 cm³/mol. The van der Waals surface area contributed by atoms with E-state index in [-0.39, 0.29) is 5.56 Å². The standard InChI is InChI=1S/C11H13F3O2/c1-3-16-8-4-5-9(7(2)6-8)10(15)11(12,13)14/h4-6,10,15H,3H2,1-2H3. The Kier molecular flexibility index (Phi) is 3.80. The molecule has 1 atom stereocenters. The van der Waals surface area contributed by atoms with Crippen molar-refractivity contribution >= 4 is 0 Å². The van der Waals surface area contributed by atoms with Gasteiger partial charge < -0.3 is 9.84 Å². The van der Waals surface area contributed by atoms with Gasteiger partial charge in [-0.3, -0.25) is 0 Å². The minimum atomic E-state index is -4.64. The van der Waals surface area contributed by atoms with Gasteiger partial charge in [-0.15, -0.1) is 0 Å². The first-order chi connectivity index (χ1) is 7.36. The topological polar surface area (TPSA) is 29.5 Å². The molecule has 16 heavy (non-hydrogen) atoms. The molecule has 0 saturated carbocycles. The van der Waals surface area contributed by atoms with E-state index in [9.17, 15) is 13.2 Å². The minimum absolute atomic E-state index is 0.143. The summed E-state index contributed by atoms with van der Waals surface area (Å²) in [6.07, 6.45) is -7.08. The highest BCUT2D eigenvalue weighted by atomic mass is 19.4. The molecule has 0 amide bonds. The third kappa shape index (κ3) is 2.88. The lowest BCUT2D eigenvalue weighted by Gasteiger charge is -2.17. The maximum atomic E-state index is 12.3. The molecule has 1 aromatic carbocycles. The van der Waals surface area contributed by atoms with Gasteiger partial charge in [-0.25, -0.2) is 0 Å². The molecule has 1 unspecified atom stereocenters. The van der Waals surface area contributed by atoms with Gasteiger partial charge in [0, 0.05) is 0 Å². The van der Waals surface area contributed by atoms with Crippen LogP contribution in [0.4, 0.5) is 13.2 Å². The maximum absolute atomic E-state index is 12.3. The van der Waals surface area contributed by atoms with Crippen LogP contribution in [0.5, 0.6) is 5.75 Å². The van der Waals surface area contributed by atoms with E-state index in [1.165, 1.54) is 25.1 Å². The fourth-order valence-corrected chi connectivity index (χ4v) is 1.39. The number of aryl methyl sites for hydroxylation is 1. The maximum Gasteiger partial charge on any atom is 0.418 e. The Hall–Kier alpha value is -1.23. The second-order valence-electron chi connectivity index (χ2n) is 3.40. The number of benzene rings is 1. The molecule has 0 aromatic heterocycles. The lowest BCUT2D eigenvalue weighted by molar-refractivity contribution is -0.206. The number of hydrogen-bond acceptors (Lipinski definition) is 2. The Labute approximate surface area is 91.7 Å². The summed E-state index contributed by atoms with van der Waals surface area (Å²) in [6, 6.07) is 4.13. The number of ether oxygens (including phenoxy) is 1. The second kappa shape index (κ2) is 4.74. The quantitative estimate of drug-likeness (QED) is 0.871. The molecule has 0 aliphatic rings. The van der Waals surface area contributed by atoms with E-state index in [1.807, 2.05) is 0 Å². The highest BCUT2D eigenvalue weighted by Gasteiger charge is 2.40. The highest BCUT2D eigenvalue weighted by Crippen LogP contribution is 2.34. The first kappa shape index (κ1) is 12.8. The first-order valence-electron chi connectivity index (χ1n) is 4.84. The third-order valence-corrected chi connectivity index (χ3v) is 2.16. The average Bonchev–Trinajstić information content (AvgIpc) is 2.16. The summed E-state index contributed by atoms with van der Waals surface area (Å²) in [5.41, 5.74) is 0.215. The third-order valence-electron chi connectivity index (χ3n) is 2.16. The Morgan fingerprint density at radius 3 is 2.44 bits per heavy atom. The van der Waals surface area contributed by atoms with Crippen LogP contribution in [0.3, 0.4) is 0 Å². The number of rotatable bonds is 3. The van der Waals surface area contributed by atoms with Gasteiger partial charge in [0.2, 0.25) is 0 Å². The second-order valence-corrected chi connectivity index (χ2v) is 3.40. The largest absolute Gasteiger partial charge is 0.494 e. The highest BCUT2D eigenvalue weighted by molar-refractivity contribution is 5.36. The number of alkyl halides is 3. The Morgan fingerprint density at radius 1 is 1.38 bits per heavy atom. The van der Waals surface area contributed by atoms with Crippen LogP contribution in [-0.4, -0.2) is 17.9 Å². The van der Waals surface area contributed by atoms with E-state index in [4.69, 9.17) is 9.84 Å². The summed E-state index contributed by atoms with van der Waals surface area (Å²) in [6.45, 7) is 3.74. The van der Waals surface area contributed by atoms with Crippen molar-refractivity contribution in [3.05, 3.63) is 29.3 Å². The summed E-state index contributed by atoms with van der Waals surface area (Å²) in [4.78, 5) is 0. The molecule has 2 nitrogen and oxygen atoms in total. The van der Waals surface area contributed by atoms with Gasteiger partial charge in [0.25, 0.3) is 0 Å². The van der Waals surface area contributed by atoms with Gasteiger partial charge in [0.15, 0.2) is 6.10 Å². The predicted octanol–water partition coefficient (Wildman–Crippen LogP) is 2.99. The van der Waals surface area contributed by atoms with Gasteiger partial charge in [-0.05, 0) is 37.1 Å². The van der Waals surface area contributed by atoms with Crippen molar-refractivity contribution in [1.29, 1.82) is 0 Å². The van der Waals surface area contributed by atoms with Crippen LogP contribution < -0.4 is 4.74 Å². The number of halogens is 3. The molecule has 1 aromatic rings. The van der Waals surface area contributed by atoms with Crippen molar-refractivity contribution in [2.75, 3.05) is 6.61 Å². The SMILES string of the molecule is CCOc1ccc(C(O)C(F)(F)F)c(C)c1. The minimum Gasteiger partial charge on any atom is -0.494 e. The van der Waals surface area contributed by atoms with Crippen LogP contribution in [0.25, 0.3) is 0 Å². The van der Waals surface area contributed by atoms with E-state index < -0.39 is 12.3 Å². The molecule has 0 heterocycles. The summed E-state index contributed by atoms with van der Waals surface area (Å²) >= 11 is 0. The fourth-order valence-electron chi connectivity index (χ4n) is 1.39. The van der Waals surface area contributed by atoms with Gasteiger partial charge in [-0.1, -0.05) is 6.07 Å². The number of hydrogen-bond donors (Lipinski definition) is 1. The number of aliphatic hydroxyl groups excluding tert-OH is 1. The van der Waals surface area contributed by atoms with E-state index in [1.54, 1.807) is 6.92 Å². The monoisotopic (exact) mass is 234 g/mol. The molecule has 0 aliphatic heterocycles. The number of aliphatic hydroxyl groups is 1. The van der Waals surface area contributed by atoms with E-state index in [0.717, 1.165) is 0 Å². The summed E-state index contributed by atoms with van der Waals surface area (Å²) in [5, 5.41) is 9.09. The molecule has 1 N–H and O–H groups in total. The smallest absolute Gasteiger partial charge is 0.418 e. The average molecular weight is 234 g/mol. The van der Waals surface area contributed by atoms with Crippen LogP contribution in [-0.2, 0) is 0 Å². The van der Waals surface area contributed by atoms with Gasteiger partial charge in [0.05, 0.1) is 6.61 Å². The van der Waals surface area contributed by atoms with Crippen molar-refractivity contribution in [3.8, 4) is 5.75 Å². The Morgan fingerprint density at radius 2 is 2.00 bits per heavy atom. The molecule has 0 spiro atoms. The van der Waals surface area contributed by atoms with Crippen molar-refractivity contribution in [1.82, 2.24) is 0 Å². The zero-order valence-corrected chi connectivity index (χ0v) is 9.01. The van der Waals surface area contributed by atoms with E-state index in [2.05, 4.69) is 0 Å². The van der Waals surface area contributed by atoms with Crippen LogP contribution in [0.1, 0.15) is 24.2 Å². The van der Waals surface area contributed by atoms with Crippen molar-refractivity contribution in [2.45, 2.75) is 26.1 Å². The van der Waals surface area contributed by atoms with Crippen molar-refractivity contribution in [3.63, 3.8) is 0 Å². The van der Waals surface area contributed by atoms with E-state index in [0.29, 0.717) is 17.9 Å². The van der Waals surface area contributed by atoms with Crippen LogP contribution in [0, 0.1) is 6.92 Å².